The van der Waals surface area contributed by atoms with Crippen LogP contribution in [0.5, 0.6) is 0 Å². The van der Waals surface area contributed by atoms with E-state index in [1.54, 1.807) is 0 Å². The first-order chi connectivity index (χ1) is 28.5. The zero-order valence-electron chi connectivity index (χ0n) is 37.9. The topological polar surface area (TPSA) is 95.9 Å². The molecule has 0 aromatic rings. The van der Waals surface area contributed by atoms with Crippen molar-refractivity contribution in [2.24, 2.45) is 0 Å². The van der Waals surface area contributed by atoms with Gasteiger partial charge >= 0.3 is 5.97 Å². The normalized spacial score (nSPS) is 13.9. The van der Waals surface area contributed by atoms with Crippen LogP contribution in [0.2, 0.25) is 0 Å². The molecule has 3 N–H and O–H groups in total. The fraction of sp³-hybridized carbons (Fsp3) is 0.731. The van der Waals surface area contributed by atoms with Crippen LogP contribution in [0.3, 0.4) is 0 Å². The molecular formula is C52H91NO5. The lowest BCUT2D eigenvalue weighted by molar-refractivity contribution is -0.150. The Morgan fingerprint density at radius 1 is 0.517 bits per heavy atom. The summed E-state index contributed by atoms with van der Waals surface area (Å²) in [6, 6.07) is -0.715. The molecule has 0 saturated heterocycles. The first-order valence-electron chi connectivity index (χ1n) is 24.2. The molecule has 0 spiro atoms. The van der Waals surface area contributed by atoms with E-state index in [-0.39, 0.29) is 31.3 Å². The van der Waals surface area contributed by atoms with Gasteiger partial charge in [-0.15, -0.1) is 0 Å². The standard InChI is InChI=1S/C52H91NO5/c1-4-7-10-13-16-19-21-22-23-24-25-26-27-28-30-33-36-39-42-45-52(57)58-48(43-40-37-34-31-18-15-12-9-6-3)46-51(56)53-49(47-54)50(55)44-41-38-35-32-29-20-17-14-11-8-5-2/h7,10,16,19,22-23,25-26,28,30,36,39,48-50,54-55H,4-6,8-9,11-15,17-18,20-21,24,27,29,31-35,37-38,40-47H2,1-3H3,(H,53,56)/b10-7-,19-16-,23-22-,26-25-,30-28-,39-36-. The Labute approximate surface area is 358 Å². The van der Waals surface area contributed by atoms with Gasteiger partial charge in [-0.2, -0.15) is 0 Å². The van der Waals surface area contributed by atoms with Crippen LogP contribution in [0.4, 0.5) is 0 Å². The van der Waals surface area contributed by atoms with Gasteiger partial charge in [-0.3, -0.25) is 9.59 Å². The Morgan fingerprint density at radius 2 is 0.897 bits per heavy atom. The third-order valence-corrected chi connectivity index (χ3v) is 10.6. The summed E-state index contributed by atoms with van der Waals surface area (Å²) in [5, 5.41) is 23.6. The number of carbonyl (C=O) groups is 2. The minimum Gasteiger partial charge on any atom is -0.462 e. The predicted octanol–water partition coefficient (Wildman–Crippen LogP) is 14.2. The van der Waals surface area contributed by atoms with Crippen molar-refractivity contribution in [3.63, 3.8) is 0 Å². The Hall–Kier alpha value is -2.70. The average molecular weight is 810 g/mol. The highest BCUT2D eigenvalue weighted by molar-refractivity contribution is 5.77. The van der Waals surface area contributed by atoms with Gasteiger partial charge in [0.1, 0.15) is 6.10 Å². The molecule has 3 unspecified atom stereocenters. The van der Waals surface area contributed by atoms with Gasteiger partial charge in [-0.05, 0) is 64.2 Å². The molecular weight excluding hydrogens is 719 g/mol. The Kier molecular flexibility index (Phi) is 43.3. The van der Waals surface area contributed by atoms with E-state index in [9.17, 15) is 19.8 Å². The summed E-state index contributed by atoms with van der Waals surface area (Å²) >= 11 is 0. The van der Waals surface area contributed by atoms with E-state index in [1.165, 1.54) is 89.9 Å². The Balaban J connectivity index is 4.62. The maximum Gasteiger partial charge on any atom is 0.306 e. The van der Waals surface area contributed by atoms with Crippen LogP contribution in [0.25, 0.3) is 0 Å². The van der Waals surface area contributed by atoms with E-state index in [4.69, 9.17) is 4.74 Å². The number of ether oxygens (including phenoxy) is 1. The molecule has 0 fully saturated rings. The third-order valence-electron chi connectivity index (χ3n) is 10.6. The number of esters is 1. The molecule has 6 heteroatoms. The smallest absolute Gasteiger partial charge is 0.306 e. The molecule has 58 heavy (non-hydrogen) atoms. The molecule has 3 atom stereocenters. The first-order valence-corrected chi connectivity index (χ1v) is 24.2. The van der Waals surface area contributed by atoms with E-state index in [1.807, 2.05) is 6.08 Å². The third kappa shape index (κ3) is 40.1. The summed E-state index contributed by atoms with van der Waals surface area (Å²) in [7, 11) is 0. The monoisotopic (exact) mass is 810 g/mol. The fourth-order valence-electron chi connectivity index (χ4n) is 6.93. The van der Waals surface area contributed by atoms with Gasteiger partial charge in [0.25, 0.3) is 0 Å². The van der Waals surface area contributed by atoms with Crippen molar-refractivity contribution in [2.75, 3.05) is 6.61 Å². The van der Waals surface area contributed by atoms with Gasteiger partial charge in [-0.25, -0.2) is 0 Å². The van der Waals surface area contributed by atoms with Crippen molar-refractivity contribution >= 4 is 11.9 Å². The molecule has 0 aromatic carbocycles. The molecule has 0 bridgehead atoms. The van der Waals surface area contributed by atoms with Crippen LogP contribution in [0, 0.1) is 0 Å². The van der Waals surface area contributed by atoms with Crippen molar-refractivity contribution in [3.05, 3.63) is 72.9 Å². The second kappa shape index (κ2) is 45.4. The zero-order chi connectivity index (χ0) is 42.4. The second-order valence-corrected chi connectivity index (χ2v) is 16.1. The summed E-state index contributed by atoms with van der Waals surface area (Å²) in [5.74, 6) is -0.578. The molecule has 6 nitrogen and oxygen atoms in total. The summed E-state index contributed by atoms with van der Waals surface area (Å²) in [6.07, 6.45) is 56.9. The summed E-state index contributed by atoms with van der Waals surface area (Å²) in [5.41, 5.74) is 0. The van der Waals surface area contributed by atoms with Crippen molar-refractivity contribution < 1.29 is 24.5 Å². The lowest BCUT2D eigenvalue weighted by atomic mass is 10.0. The molecule has 334 valence electrons. The van der Waals surface area contributed by atoms with Crippen molar-refractivity contribution in [2.45, 2.75) is 238 Å². The Morgan fingerprint density at radius 3 is 1.31 bits per heavy atom. The summed E-state index contributed by atoms with van der Waals surface area (Å²) in [6.45, 7) is 6.32. The van der Waals surface area contributed by atoms with Gasteiger partial charge in [-0.1, -0.05) is 216 Å². The van der Waals surface area contributed by atoms with Crippen LogP contribution in [-0.4, -0.2) is 46.9 Å². The number of hydrogen-bond acceptors (Lipinski definition) is 5. The summed E-state index contributed by atoms with van der Waals surface area (Å²) in [4.78, 5) is 26.0. The molecule has 1 amide bonds. The van der Waals surface area contributed by atoms with E-state index in [0.29, 0.717) is 19.3 Å². The van der Waals surface area contributed by atoms with Crippen molar-refractivity contribution in [1.29, 1.82) is 0 Å². The molecule has 0 saturated carbocycles. The quantitative estimate of drug-likeness (QED) is 0.0324. The average Bonchev–Trinajstić information content (AvgIpc) is 3.22. The van der Waals surface area contributed by atoms with Crippen molar-refractivity contribution in [1.82, 2.24) is 5.32 Å². The molecule has 0 aromatic heterocycles. The van der Waals surface area contributed by atoms with Gasteiger partial charge in [0, 0.05) is 6.42 Å². The number of amides is 1. The number of carbonyl (C=O) groups excluding carboxylic acids is 2. The van der Waals surface area contributed by atoms with Gasteiger partial charge in [0.2, 0.25) is 5.91 Å². The molecule has 0 aliphatic rings. The number of aliphatic hydroxyl groups excluding tert-OH is 2. The number of rotatable bonds is 42. The highest BCUT2D eigenvalue weighted by Crippen LogP contribution is 2.17. The lowest BCUT2D eigenvalue weighted by Crippen LogP contribution is -2.46. The maximum atomic E-state index is 13.1. The molecule has 0 heterocycles. The number of allylic oxidation sites excluding steroid dienone is 12. The van der Waals surface area contributed by atoms with E-state index in [2.05, 4.69) is 92.9 Å². The van der Waals surface area contributed by atoms with Crippen LogP contribution in [0.15, 0.2) is 72.9 Å². The zero-order valence-corrected chi connectivity index (χ0v) is 37.9. The van der Waals surface area contributed by atoms with E-state index < -0.39 is 18.2 Å². The highest BCUT2D eigenvalue weighted by Gasteiger charge is 2.24. The van der Waals surface area contributed by atoms with Crippen molar-refractivity contribution in [3.8, 4) is 0 Å². The van der Waals surface area contributed by atoms with E-state index >= 15 is 0 Å². The predicted molar refractivity (Wildman–Crippen MR) is 250 cm³/mol. The number of aliphatic hydroxyl groups is 2. The molecule has 0 aliphatic heterocycles. The molecule has 0 radical (unpaired) electrons. The van der Waals surface area contributed by atoms with Crippen LogP contribution < -0.4 is 5.32 Å². The lowest BCUT2D eigenvalue weighted by Gasteiger charge is -2.24. The van der Waals surface area contributed by atoms with E-state index in [0.717, 1.165) is 77.0 Å². The number of unbranched alkanes of at least 4 members (excludes halogenated alkanes) is 18. The second-order valence-electron chi connectivity index (χ2n) is 16.1. The van der Waals surface area contributed by atoms with Gasteiger partial charge in [0.15, 0.2) is 0 Å². The van der Waals surface area contributed by atoms with Crippen LogP contribution in [0.1, 0.15) is 220 Å². The van der Waals surface area contributed by atoms with Crippen LogP contribution >= 0.6 is 0 Å². The minimum atomic E-state index is -0.799. The SMILES string of the molecule is CC/C=C\C/C=C\C/C=C\C/C=C\C/C=C\C/C=C\CCC(=O)OC(CCCCCCCCCCC)CC(=O)NC(CO)C(O)CCCCCCCCCCCCC. The number of nitrogens with one attached hydrogen (secondary N) is 1. The maximum absolute atomic E-state index is 13.1. The first kappa shape index (κ1) is 55.3. The molecule has 0 aliphatic carbocycles. The fourth-order valence-corrected chi connectivity index (χ4v) is 6.93. The Bertz CT molecular complexity index is 1090. The van der Waals surface area contributed by atoms with Crippen LogP contribution in [-0.2, 0) is 14.3 Å². The van der Waals surface area contributed by atoms with Gasteiger partial charge < -0.3 is 20.3 Å². The largest absolute Gasteiger partial charge is 0.462 e. The number of hydrogen-bond donors (Lipinski definition) is 3. The highest BCUT2D eigenvalue weighted by atomic mass is 16.5. The minimum absolute atomic E-state index is 0.0460. The molecule has 0 rings (SSSR count). The summed E-state index contributed by atoms with van der Waals surface area (Å²) < 4.78 is 5.86. The van der Waals surface area contributed by atoms with Gasteiger partial charge in [0.05, 0.1) is 25.2 Å².